The van der Waals surface area contributed by atoms with Gasteiger partial charge in [-0.3, -0.25) is 0 Å². The molecule has 0 radical (unpaired) electrons. The lowest BCUT2D eigenvalue weighted by molar-refractivity contribution is 0.155. The van der Waals surface area contributed by atoms with Gasteiger partial charge in [0.25, 0.3) is 0 Å². The first-order valence-corrected chi connectivity index (χ1v) is 14.0. The van der Waals surface area contributed by atoms with Crippen LogP contribution in [0.5, 0.6) is 0 Å². The van der Waals surface area contributed by atoms with Crippen molar-refractivity contribution in [1.82, 2.24) is 0 Å². The zero-order chi connectivity index (χ0) is 19.9. The van der Waals surface area contributed by atoms with E-state index in [-0.39, 0.29) is 11.5 Å². The number of rotatable bonds is 4. The lowest BCUT2D eigenvalue weighted by atomic mass is 9.63. The fourth-order valence-electron chi connectivity index (χ4n) is 5.60. The Bertz CT molecular complexity index is 891. The Balaban J connectivity index is 1.85. The molecule has 0 bridgehead atoms. The third-order valence-corrected chi connectivity index (χ3v) is 9.07. The van der Waals surface area contributed by atoms with Crippen molar-refractivity contribution in [2.75, 3.05) is 0 Å². The van der Waals surface area contributed by atoms with Crippen LogP contribution in [0.1, 0.15) is 30.4 Å². The second kappa shape index (κ2) is 7.17. The topological polar surface area (TPSA) is 20.2 Å². The molecule has 0 aromatic heterocycles. The molecule has 2 aromatic carbocycles. The maximum Gasteiger partial charge on any atom is 0.0732 e. The number of hydrogen-bond donors (Lipinski definition) is 1. The number of hydrogen-bond acceptors (Lipinski definition) is 1. The summed E-state index contributed by atoms with van der Waals surface area (Å²) in [6, 6.07) is 21.6. The average molecular weight is 389 g/mol. The Morgan fingerprint density at radius 2 is 1.61 bits per heavy atom. The van der Waals surface area contributed by atoms with Gasteiger partial charge in [-0.25, -0.2) is 0 Å². The van der Waals surface area contributed by atoms with Gasteiger partial charge in [0.15, 0.2) is 0 Å². The summed E-state index contributed by atoms with van der Waals surface area (Å²) in [6.07, 6.45) is 3.65. The van der Waals surface area contributed by atoms with Gasteiger partial charge in [-0.2, -0.15) is 0 Å². The highest BCUT2D eigenvalue weighted by atomic mass is 28.3. The molecule has 0 spiro atoms. The van der Waals surface area contributed by atoms with Gasteiger partial charge in [0.1, 0.15) is 0 Å². The molecular weight excluding hydrogens is 356 g/mol. The van der Waals surface area contributed by atoms with Crippen molar-refractivity contribution in [3.63, 3.8) is 0 Å². The van der Waals surface area contributed by atoms with E-state index >= 15 is 0 Å². The second-order valence-corrected chi connectivity index (χ2v) is 14.9. The third-order valence-electron chi connectivity index (χ3n) is 6.83. The first-order valence-electron chi connectivity index (χ1n) is 10.5. The van der Waals surface area contributed by atoms with Crippen LogP contribution in [0.3, 0.4) is 0 Å². The lowest BCUT2D eigenvalue weighted by Crippen LogP contribution is -2.40. The van der Waals surface area contributed by atoms with Gasteiger partial charge < -0.3 is 5.11 Å². The molecule has 0 amide bonds. The molecule has 0 heterocycles. The van der Waals surface area contributed by atoms with E-state index < -0.39 is 8.07 Å². The second-order valence-electron chi connectivity index (χ2n) is 9.84. The number of allylic oxidation sites excluding steroid dienone is 3. The van der Waals surface area contributed by atoms with E-state index in [0.717, 1.165) is 25.7 Å². The SMILES string of the molecule is C=C1C(c2ccccc2)=C([Si](C)(C)C)CC2(Cc3ccccc3)C[C@@H](O)C[C@H]12. The van der Waals surface area contributed by atoms with Crippen LogP contribution in [-0.2, 0) is 6.42 Å². The standard InChI is InChI=1S/C26H32OSi/c1-19-23-15-22(27)17-26(23,16-20-11-7-5-8-12-20)18-24(28(2,3)4)25(19)21-13-9-6-10-14-21/h5-14,22-23,27H,1,15-18H2,2-4H3/t22-,23+,26?/m0/s1. The van der Waals surface area contributed by atoms with Crippen molar-refractivity contribution in [2.45, 2.75) is 51.4 Å². The van der Waals surface area contributed by atoms with Crippen LogP contribution in [0.25, 0.3) is 5.57 Å². The Labute approximate surface area is 170 Å². The molecule has 3 atom stereocenters. The van der Waals surface area contributed by atoms with Crippen molar-refractivity contribution >= 4 is 13.6 Å². The molecule has 28 heavy (non-hydrogen) atoms. The van der Waals surface area contributed by atoms with E-state index in [2.05, 4.69) is 86.9 Å². The van der Waals surface area contributed by atoms with Crippen molar-refractivity contribution < 1.29 is 5.11 Å². The summed E-state index contributed by atoms with van der Waals surface area (Å²) in [5, 5.41) is 12.3. The van der Waals surface area contributed by atoms with Gasteiger partial charge in [0.05, 0.1) is 14.2 Å². The number of fused-ring (bicyclic) bond motifs is 1. The zero-order valence-corrected chi connectivity index (χ0v) is 18.4. The molecule has 1 N–H and O–H groups in total. The lowest BCUT2D eigenvalue weighted by Gasteiger charge is -2.46. The number of benzene rings is 2. The molecule has 0 saturated heterocycles. The quantitative estimate of drug-likeness (QED) is 0.611. The van der Waals surface area contributed by atoms with Crippen LogP contribution < -0.4 is 0 Å². The fourth-order valence-corrected chi connectivity index (χ4v) is 7.53. The third kappa shape index (κ3) is 3.44. The summed E-state index contributed by atoms with van der Waals surface area (Å²) < 4.78 is 0. The summed E-state index contributed by atoms with van der Waals surface area (Å²) in [7, 11) is -1.55. The van der Waals surface area contributed by atoms with E-state index in [1.807, 2.05) is 0 Å². The van der Waals surface area contributed by atoms with Crippen LogP contribution >= 0.6 is 0 Å². The van der Waals surface area contributed by atoms with Crippen LogP contribution in [0, 0.1) is 11.3 Å². The van der Waals surface area contributed by atoms with E-state index in [9.17, 15) is 5.11 Å². The number of aliphatic hydroxyl groups is 1. The largest absolute Gasteiger partial charge is 0.393 e. The minimum Gasteiger partial charge on any atom is -0.393 e. The molecule has 2 aliphatic rings. The molecular formula is C26H32OSi. The Kier molecular flexibility index (Phi) is 4.97. The molecule has 146 valence electrons. The number of aliphatic hydroxyl groups excluding tert-OH is 1. The molecule has 2 heteroatoms. The summed E-state index contributed by atoms with van der Waals surface area (Å²) in [4.78, 5) is 0. The highest BCUT2D eigenvalue weighted by Crippen LogP contribution is 2.60. The van der Waals surface area contributed by atoms with E-state index in [0.29, 0.717) is 5.92 Å². The van der Waals surface area contributed by atoms with E-state index in [1.54, 1.807) is 5.20 Å². The van der Waals surface area contributed by atoms with Crippen molar-refractivity contribution in [2.24, 2.45) is 11.3 Å². The summed E-state index contributed by atoms with van der Waals surface area (Å²) >= 11 is 0. The van der Waals surface area contributed by atoms with E-state index in [1.165, 1.54) is 22.3 Å². The monoisotopic (exact) mass is 388 g/mol. The van der Waals surface area contributed by atoms with Gasteiger partial charge in [-0.1, -0.05) is 92.1 Å². The Hall–Kier alpha value is -1.90. The zero-order valence-electron chi connectivity index (χ0n) is 17.4. The molecule has 2 aliphatic carbocycles. The molecule has 1 unspecified atom stereocenters. The minimum atomic E-state index is -1.55. The molecule has 1 saturated carbocycles. The van der Waals surface area contributed by atoms with Crippen molar-refractivity contribution in [3.8, 4) is 0 Å². The van der Waals surface area contributed by atoms with Gasteiger partial charge in [0.2, 0.25) is 0 Å². The predicted molar refractivity (Wildman–Crippen MR) is 122 cm³/mol. The molecule has 2 aromatic rings. The highest BCUT2D eigenvalue weighted by Gasteiger charge is 2.52. The van der Waals surface area contributed by atoms with Gasteiger partial charge in [-0.05, 0) is 59.3 Å². The highest BCUT2D eigenvalue weighted by molar-refractivity contribution is 6.84. The molecule has 1 fully saturated rings. The summed E-state index contributed by atoms with van der Waals surface area (Å²) in [6.45, 7) is 12.0. The molecule has 0 aliphatic heterocycles. The van der Waals surface area contributed by atoms with Gasteiger partial charge in [0, 0.05) is 0 Å². The summed E-state index contributed by atoms with van der Waals surface area (Å²) in [5.41, 5.74) is 5.46. The minimum absolute atomic E-state index is 0.103. The molecule has 4 rings (SSSR count). The predicted octanol–water partition coefficient (Wildman–Crippen LogP) is 6.28. The average Bonchev–Trinajstić information content (AvgIpc) is 2.99. The van der Waals surface area contributed by atoms with Crippen LogP contribution in [0.15, 0.2) is 78.0 Å². The fraction of sp³-hybridized carbons (Fsp3) is 0.385. The van der Waals surface area contributed by atoms with Gasteiger partial charge >= 0.3 is 0 Å². The maximum atomic E-state index is 10.7. The van der Waals surface area contributed by atoms with Crippen LogP contribution in [0.4, 0.5) is 0 Å². The first kappa shape index (κ1) is 19.4. The van der Waals surface area contributed by atoms with Gasteiger partial charge in [-0.15, -0.1) is 0 Å². The van der Waals surface area contributed by atoms with Crippen LogP contribution in [0.2, 0.25) is 19.6 Å². The Morgan fingerprint density at radius 3 is 2.21 bits per heavy atom. The first-order chi connectivity index (χ1) is 13.3. The molecule has 1 nitrogen and oxygen atoms in total. The smallest absolute Gasteiger partial charge is 0.0732 e. The Morgan fingerprint density at radius 1 is 1.00 bits per heavy atom. The normalized spacial score (nSPS) is 27.8. The summed E-state index contributed by atoms with van der Waals surface area (Å²) in [5.74, 6) is 0.359. The van der Waals surface area contributed by atoms with Crippen molar-refractivity contribution in [3.05, 3.63) is 89.1 Å². The van der Waals surface area contributed by atoms with E-state index in [4.69, 9.17) is 0 Å². The van der Waals surface area contributed by atoms with Crippen LogP contribution in [-0.4, -0.2) is 19.3 Å². The van der Waals surface area contributed by atoms with Crippen molar-refractivity contribution in [1.29, 1.82) is 0 Å². The maximum absolute atomic E-state index is 10.7.